The van der Waals surface area contributed by atoms with Crippen LogP contribution in [-0.4, -0.2) is 36.1 Å². The average molecular weight is 249 g/mol. The maximum absolute atomic E-state index is 11.6. The van der Waals surface area contributed by atoms with E-state index in [1.807, 2.05) is 30.3 Å². The number of Topliss-reactive ketones (excluding diaryl/α,β-unsaturated/α-hetero) is 2. The SMILES string of the molecule is N=CC(=O)[C@@H](CO)C(=O)COCc1ccccc1. The number of ether oxygens (including phenoxy) is 1. The fraction of sp³-hybridized carbons (Fsp3) is 0.308. The number of rotatable bonds is 8. The summed E-state index contributed by atoms with van der Waals surface area (Å²) < 4.78 is 5.17. The Morgan fingerprint density at radius 1 is 1.33 bits per heavy atom. The van der Waals surface area contributed by atoms with Crippen LogP contribution < -0.4 is 0 Å². The number of carbonyl (C=O) groups excluding carboxylic acids is 2. The quantitative estimate of drug-likeness (QED) is 0.521. The van der Waals surface area contributed by atoms with Crippen LogP contribution in [0.15, 0.2) is 30.3 Å². The van der Waals surface area contributed by atoms with Crippen molar-refractivity contribution < 1.29 is 19.4 Å². The van der Waals surface area contributed by atoms with Gasteiger partial charge < -0.3 is 15.3 Å². The number of nitrogens with one attached hydrogen (secondary N) is 1. The monoisotopic (exact) mass is 249 g/mol. The van der Waals surface area contributed by atoms with Crippen LogP contribution in [0.1, 0.15) is 5.56 Å². The lowest BCUT2D eigenvalue weighted by atomic mass is 10.0. The van der Waals surface area contributed by atoms with Crippen LogP contribution in [0, 0.1) is 11.3 Å². The summed E-state index contributed by atoms with van der Waals surface area (Å²) in [4.78, 5) is 22.7. The molecule has 0 aliphatic carbocycles. The van der Waals surface area contributed by atoms with Gasteiger partial charge in [-0.1, -0.05) is 30.3 Å². The minimum absolute atomic E-state index is 0.250. The van der Waals surface area contributed by atoms with Gasteiger partial charge in [0.2, 0.25) is 0 Å². The van der Waals surface area contributed by atoms with Crippen LogP contribution in [0.4, 0.5) is 0 Å². The molecule has 0 aromatic heterocycles. The van der Waals surface area contributed by atoms with Crippen LogP contribution in [0.2, 0.25) is 0 Å². The van der Waals surface area contributed by atoms with Crippen molar-refractivity contribution in [3.8, 4) is 0 Å². The standard InChI is InChI=1S/C13H15NO4/c14-6-12(16)11(7-15)13(17)9-18-8-10-4-2-1-3-5-10/h1-6,11,14-15H,7-9H2/t11-/m1/s1. The molecule has 0 unspecified atom stereocenters. The van der Waals surface area contributed by atoms with E-state index in [1.54, 1.807) is 0 Å². The average Bonchev–Trinajstić information content (AvgIpc) is 2.40. The molecule has 0 saturated heterocycles. The third-order valence-electron chi connectivity index (χ3n) is 2.41. The Hall–Kier alpha value is -1.85. The van der Waals surface area contributed by atoms with E-state index in [1.165, 1.54) is 0 Å². The van der Waals surface area contributed by atoms with E-state index in [4.69, 9.17) is 15.3 Å². The van der Waals surface area contributed by atoms with Crippen molar-refractivity contribution in [2.75, 3.05) is 13.2 Å². The summed E-state index contributed by atoms with van der Waals surface area (Å²) in [5, 5.41) is 15.7. The van der Waals surface area contributed by atoms with E-state index in [2.05, 4.69) is 0 Å². The smallest absolute Gasteiger partial charge is 0.185 e. The second kappa shape index (κ2) is 7.47. The predicted molar refractivity (Wildman–Crippen MR) is 65.5 cm³/mol. The second-order valence-electron chi connectivity index (χ2n) is 3.73. The van der Waals surface area contributed by atoms with Gasteiger partial charge in [-0.3, -0.25) is 9.59 Å². The maximum Gasteiger partial charge on any atom is 0.185 e. The molecule has 0 amide bonds. The first-order chi connectivity index (χ1) is 8.69. The zero-order chi connectivity index (χ0) is 13.4. The lowest BCUT2D eigenvalue weighted by Gasteiger charge is -2.09. The van der Waals surface area contributed by atoms with Gasteiger partial charge in [0, 0.05) is 0 Å². The van der Waals surface area contributed by atoms with E-state index in [9.17, 15) is 9.59 Å². The molecule has 0 bridgehead atoms. The molecule has 1 atom stereocenters. The second-order valence-corrected chi connectivity index (χ2v) is 3.73. The molecule has 0 aliphatic rings. The van der Waals surface area contributed by atoms with Gasteiger partial charge in [-0.25, -0.2) is 0 Å². The number of hydrogen-bond donors (Lipinski definition) is 2. The van der Waals surface area contributed by atoms with Gasteiger partial charge in [0.15, 0.2) is 11.6 Å². The zero-order valence-electron chi connectivity index (χ0n) is 9.83. The molecular weight excluding hydrogens is 234 g/mol. The summed E-state index contributed by atoms with van der Waals surface area (Å²) in [5.41, 5.74) is 0.921. The molecule has 96 valence electrons. The Morgan fingerprint density at radius 3 is 2.56 bits per heavy atom. The van der Waals surface area contributed by atoms with Crippen LogP contribution in [0.25, 0.3) is 0 Å². The summed E-state index contributed by atoms with van der Waals surface area (Å²) in [6, 6.07) is 9.30. The molecule has 5 nitrogen and oxygen atoms in total. The van der Waals surface area contributed by atoms with E-state index < -0.39 is 24.1 Å². The van der Waals surface area contributed by atoms with Gasteiger partial charge in [0.1, 0.15) is 12.5 Å². The van der Waals surface area contributed by atoms with Crippen molar-refractivity contribution in [2.45, 2.75) is 6.61 Å². The van der Waals surface area contributed by atoms with E-state index in [0.717, 1.165) is 5.56 Å². The topological polar surface area (TPSA) is 87.5 Å². The van der Waals surface area contributed by atoms with Gasteiger partial charge in [0.05, 0.1) is 19.4 Å². The highest BCUT2D eigenvalue weighted by Gasteiger charge is 2.23. The number of ketones is 2. The summed E-state index contributed by atoms with van der Waals surface area (Å²) in [6.45, 7) is -0.578. The van der Waals surface area contributed by atoms with Crippen molar-refractivity contribution in [2.24, 2.45) is 5.92 Å². The Labute approximate surface area is 105 Å². The van der Waals surface area contributed by atoms with Crippen LogP contribution in [-0.2, 0) is 20.9 Å². The summed E-state index contributed by atoms with van der Waals surface area (Å²) in [5.74, 6) is -2.40. The molecule has 5 heteroatoms. The first kappa shape index (κ1) is 14.2. The number of aliphatic hydroxyl groups excluding tert-OH is 1. The molecular formula is C13H15NO4. The van der Waals surface area contributed by atoms with Crippen molar-refractivity contribution >= 4 is 17.8 Å². The Bertz CT molecular complexity index is 416. The van der Waals surface area contributed by atoms with Gasteiger partial charge >= 0.3 is 0 Å². The Balaban J connectivity index is 2.41. The van der Waals surface area contributed by atoms with Crippen molar-refractivity contribution in [1.82, 2.24) is 0 Å². The summed E-state index contributed by atoms with van der Waals surface area (Å²) in [7, 11) is 0. The predicted octanol–water partition coefficient (Wildman–Crippen LogP) is 0.599. The highest BCUT2D eigenvalue weighted by molar-refractivity contribution is 6.32. The molecule has 2 N–H and O–H groups in total. The molecule has 0 spiro atoms. The third kappa shape index (κ3) is 4.20. The summed E-state index contributed by atoms with van der Waals surface area (Å²) >= 11 is 0. The van der Waals surface area contributed by atoms with E-state index in [-0.39, 0.29) is 13.2 Å². The third-order valence-corrected chi connectivity index (χ3v) is 2.41. The van der Waals surface area contributed by atoms with E-state index in [0.29, 0.717) is 6.21 Å². The largest absolute Gasteiger partial charge is 0.395 e. The summed E-state index contributed by atoms with van der Waals surface area (Å²) in [6.07, 6.45) is 0.538. The van der Waals surface area contributed by atoms with Gasteiger partial charge in [-0.2, -0.15) is 0 Å². The normalized spacial score (nSPS) is 11.8. The first-order valence-electron chi connectivity index (χ1n) is 5.48. The highest BCUT2D eigenvalue weighted by atomic mass is 16.5. The minimum Gasteiger partial charge on any atom is -0.395 e. The molecule has 0 saturated carbocycles. The molecule has 1 rings (SSSR count). The molecule has 1 aromatic rings. The van der Waals surface area contributed by atoms with Gasteiger partial charge in [0.25, 0.3) is 0 Å². The van der Waals surface area contributed by atoms with Gasteiger partial charge in [-0.05, 0) is 5.56 Å². The lowest BCUT2D eigenvalue weighted by molar-refractivity contribution is -0.134. The number of benzene rings is 1. The minimum atomic E-state index is -1.18. The van der Waals surface area contributed by atoms with Crippen LogP contribution >= 0.6 is 0 Å². The first-order valence-corrected chi connectivity index (χ1v) is 5.48. The lowest BCUT2D eigenvalue weighted by Crippen LogP contribution is -2.31. The molecule has 0 radical (unpaired) electrons. The molecule has 0 aliphatic heterocycles. The van der Waals surface area contributed by atoms with Crippen molar-refractivity contribution in [3.05, 3.63) is 35.9 Å². The number of carbonyl (C=O) groups is 2. The van der Waals surface area contributed by atoms with Crippen LogP contribution in [0.3, 0.4) is 0 Å². The number of aliphatic hydroxyl groups is 1. The van der Waals surface area contributed by atoms with Gasteiger partial charge in [-0.15, -0.1) is 0 Å². The fourth-order valence-electron chi connectivity index (χ4n) is 1.40. The Morgan fingerprint density at radius 2 is 2.00 bits per heavy atom. The Kier molecular flexibility index (Phi) is 5.90. The highest BCUT2D eigenvalue weighted by Crippen LogP contribution is 2.03. The number of hydrogen-bond acceptors (Lipinski definition) is 5. The molecule has 0 fully saturated rings. The van der Waals surface area contributed by atoms with E-state index >= 15 is 0 Å². The fourth-order valence-corrected chi connectivity index (χ4v) is 1.40. The van der Waals surface area contributed by atoms with Crippen LogP contribution in [0.5, 0.6) is 0 Å². The van der Waals surface area contributed by atoms with Crippen molar-refractivity contribution in [1.29, 1.82) is 5.41 Å². The maximum atomic E-state index is 11.6. The molecule has 18 heavy (non-hydrogen) atoms. The molecule has 1 aromatic carbocycles. The molecule has 0 heterocycles. The zero-order valence-corrected chi connectivity index (χ0v) is 9.83. The van der Waals surface area contributed by atoms with Crippen molar-refractivity contribution in [3.63, 3.8) is 0 Å².